The number of hydrogen-bond donors (Lipinski definition) is 6. The van der Waals surface area contributed by atoms with Gasteiger partial charge in [-0.15, -0.1) is 0 Å². The van der Waals surface area contributed by atoms with E-state index in [0.29, 0.717) is 71.9 Å². The Bertz CT molecular complexity index is 1450. The van der Waals surface area contributed by atoms with E-state index in [4.69, 9.17) is 0 Å². The molecule has 0 saturated heterocycles. The standard InChI is InChI=1S/C60H117O9P3/c1-10-16-22-28-34-40-46-58(70(61,62)63,47-41-35-29-23-17-11-2)55-52(7)56(59(71(64,65)66,48-42-36-30-24-18-12-3)49-43-37-31-25-19-13-4)54(9)57(53(55)8)60(72(67,68)69,50-44-38-32-26-20-14-5)51-45-39-33-27-21-15-6/h10-51H2,1-9H3,(H2,61,62,63)(H2,64,65,66)(H2,67,68,69). The minimum atomic E-state index is -5.08. The minimum Gasteiger partial charge on any atom is -0.324 e. The van der Waals surface area contributed by atoms with Crippen molar-refractivity contribution >= 4 is 22.8 Å². The van der Waals surface area contributed by atoms with Crippen molar-refractivity contribution in [3.8, 4) is 0 Å². The van der Waals surface area contributed by atoms with Crippen molar-refractivity contribution in [1.82, 2.24) is 0 Å². The van der Waals surface area contributed by atoms with E-state index < -0.39 is 38.3 Å². The van der Waals surface area contributed by atoms with Crippen LogP contribution in [0.2, 0.25) is 0 Å². The van der Waals surface area contributed by atoms with Crippen LogP contribution in [0.1, 0.15) is 345 Å². The van der Waals surface area contributed by atoms with E-state index in [1.807, 2.05) is 20.8 Å². The summed E-state index contributed by atoms with van der Waals surface area (Å²) in [7, 11) is -15.2. The van der Waals surface area contributed by atoms with Crippen molar-refractivity contribution in [1.29, 1.82) is 0 Å². The van der Waals surface area contributed by atoms with Crippen LogP contribution < -0.4 is 0 Å². The molecule has 0 heterocycles. The Balaban J connectivity index is 4.90. The molecule has 1 aromatic carbocycles. The fraction of sp³-hybridized carbons (Fsp3) is 0.900. The Morgan fingerprint density at radius 3 is 0.500 bits per heavy atom. The van der Waals surface area contributed by atoms with Crippen LogP contribution in [-0.4, -0.2) is 29.4 Å². The number of rotatable bonds is 48. The van der Waals surface area contributed by atoms with Gasteiger partial charge in [-0.2, -0.15) is 0 Å². The molecule has 0 atom stereocenters. The fourth-order valence-corrected chi connectivity index (χ4v) is 17.5. The molecule has 0 aromatic heterocycles. The molecule has 0 saturated carbocycles. The number of unbranched alkanes of at least 4 members (excludes halogenated alkanes) is 30. The summed E-state index contributed by atoms with van der Waals surface area (Å²) in [6.07, 6.45) is 34.3. The molecule has 0 bridgehead atoms. The molecule has 426 valence electrons. The summed E-state index contributed by atoms with van der Waals surface area (Å²) < 4.78 is 45.2. The van der Waals surface area contributed by atoms with E-state index in [2.05, 4.69) is 41.5 Å². The van der Waals surface area contributed by atoms with Gasteiger partial charge in [0.25, 0.3) is 0 Å². The first-order valence-corrected chi connectivity index (χ1v) is 35.4. The number of hydrogen-bond acceptors (Lipinski definition) is 3. The third-order valence-corrected chi connectivity index (χ3v) is 22.3. The SMILES string of the molecule is CCCCCCCCC(CCCCCCCC)(c1c(C)c(C(CCCCCCCC)(CCCCCCCC)P(=O)(O)O)c(C)c(C(CCCCCCCC)(CCCCCCCC)P(=O)(O)O)c1C)P(=O)(O)O. The van der Waals surface area contributed by atoms with Crippen molar-refractivity contribution in [2.24, 2.45) is 0 Å². The van der Waals surface area contributed by atoms with Crippen molar-refractivity contribution in [3.63, 3.8) is 0 Å². The highest BCUT2D eigenvalue weighted by atomic mass is 31.2. The van der Waals surface area contributed by atoms with Gasteiger partial charge in [0.2, 0.25) is 0 Å². The van der Waals surface area contributed by atoms with Crippen LogP contribution >= 0.6 is 22.8 Å². The highest BCUT2D eigenvalue weighted by Crippen LogP contribution is 2.71. The highest BCUT2D eigenvalue weighted by molar-refractivity contribution is 7.53. The maximum atomic E-state index is 15.1. The van der Waals surface area contributed by atoms with E-state index in [1.54, 1.807) is 0 Å². The summed E-state index contributed by atoms with van der Waals surface area (Å²) in [5.74, 6) is 0. The first-order valence-electron chi connectivity index (χ1n) is 30.5. The summed E-state index contributed by atoms with van der Waals surface area (Å²) >= 11 is 0. The van der Waals surface area contributed by atoms with Gasteiger partial charge in [-0.05, 0) is 92.7 Å². The predicted octanol–water partition coefficient (Wildman–Crippen LogP) is 20.2. The Kier molecular flexibility index (Phi) is 36.3. The molecule has 6 N–H and O–H groups in total. The summed E-state index contributed by atoms with van der Waals surface area (Å²) in [4.78, 5) is 73.6. The van der Waals surface area contributed by atoms with Crippen LogP contribution in [0.15, 0.2) is 0 Å². The molecule has 1 aromatic rings. The molecule has 0 fully saturated rings. The summed E-state index contributed by atoms with van der Waals surface area (Å²) in [5.41, 5.74) is 2.82. The molecular weight excluding hydrogens is 958 g/mol. The summed E-state index contributed by atoms with van der Waals surface area (Å²) in [6, 6.07) is 0. The molecule has 0 spiro atoms. The Hall–Kier alpha value is -0.330. The van der Waals surface area contributed by atoms with Gasteiger partial charge < -0.3 is 29.4 Å². The lowest BCUT2D eigenvalue weighted by Crippen LogP contribution is -2.37. The van der Waals surface area contributed by atoms with Crippen LogP contribution in [0.5, 0.6) is 0 Å². The predicted molar refractivity (Wildman–Crippen MR) is 310 cm³/mol. The van der Waals surface area contributed by atoms with E-state index in [9.17, 15) is 29.4 Å². The van der Waals surface area contributed by atoms with E-state index in [1.165, 1.54) is 0 Å². The fourth-order valence-electron chi connectivity index (χ4n) is 12.9. The summed E-state index contributed by atoms with van der Waals surface area (Å²) in [6.45, 7) is 18.6. The zero-order chi connectivity index (χ0) is 54.2. The van der Waals surface area contributed by atoms with Gasteiger partial charge >= 0.3 is 22.8 Å². The van der Waals surface area contributed by atoms with E-state index in [-0.39, 0.29) is 38.5 Å². The summed E-state index contributed by atoms with van der Waals surface area (Å²) in [5, 5.41) is -5.14. The van der Waals surface area contributed by atoms with Crippen LogP contribution in [0.3, 0.4) is 0 Å². The molecule has 0 aliphatic rings. The number of benzene rings is 1. The van der Waals surface area contributed by atoms with Crippen molar-refractivity contribution < 1.29 is 43.1 Å². The molecule has 0 aliphatic carbocycles. The third kappa shape index (κ3) is 21.8. The lowest BCUT2D eigenvalue weighted by atomic mass is 9.70. The van der Waals surface area contributed by atoms with Crippen molar-refractivity contribution in [2.75, 3.05) is 0 Å². The first-order chi connectivity index (χ1) is 34.2. The van der Waals surface area contributed by atoms with Gasteiger partial charge in [-0.25, -0.2) is 0 Å². The average molecular weight is 1080 g/mol. The van der Waals surface area contributed by atoms with Gasteiger partial charge in [0.15, 0.2) is 0 Å². The zero-order valence-corrected chi connectivity index (χ0v) is 51.1. The maximum Gasteiger partial charge on any atom is 0.336 e. The molecule has 0 unspecified atom stereocenters. The lowest BCUT2D eigenvalue weighted by Gasteiger charge is -2.46. The smallest absolute Gasteiger partial charge is 0.324 e. The van der Waals surface area contributed by atoms with Crippen molar-refractivity contribution in [2.45, 2.75) is 347 Å². The molecular formula is C60H117O9P3. The largest absolute Gasteiger partial charge is 0.336 e. The second kappa shape index (κ2) is 37.5. The Morgan fingerprint density at radius 1 is 0.250 bits per heavy atom. The highest BCUT2D eigenvalue weighted by Gasteiger charge is 2.57. The van der Waals surface area contributed by atoms with Gasteiger partial charge in [0.1, 0.15) is 0 Å². The molecule has 72 heavy (non-hydrogen) atoms. The van der Waals surface area contributed by atoms with Crippen LogP contribution in [-0.2, 0) is 29.2 Å². The molecule has 0 radical (unpaired) electrons. The van der Waals surface area contributed by atoms with Crippen LogP contribution in [0.4, 0.5) is 0 Å². The third-order valence-electron chi connectivity index (χ3n) is 17.0. The van der Waals surface area contributed by atoms with Crippen LogP contribution in [0.25, 0.3) is 0 Å². The normalized spacial score (nSPS) is 13.2. The van der Waals surface area contributed by atoms with Gasteiger partial charge in [-0.3, -0.25) is 13.7 Å². The topological polar surface area (TPSA) is 173 Å². The molecule has 1 rings (SSSR count). The molecule has 12 heteroatoms. The van der Waals surface area contributed by atoms with Gasteiger partial charge in [0, 0.05) is 0 Å². The zero-order valence-electron chi connectivity index (χ0n) is 48.4. The van der Waals surface area contributed by atoms with E-state index in [0.717, 1.165) is 193 Å². The Labute approximate surface area is 444 Å². The average Bonchev–Trinajstić information content (AvgIpc) is 3.31. The Morgan fingerprint density at radius 2 is 0.375 bits per heavy atom. The lowest BCUT2D eigenvalue weighted by molar-refractivity contribution is 0.288. The monoisotopic (exact) mass is 1070 g/mol. The van der Waals surface area contributed by atoms with Crippen LogP contribution in [0, 0.1) is 20.8 Å². The second-order valence-electron chi connectivity index (χ2n) is 22.8. The quantitative estimate of drug-likeness (QED) is 0.0274. The molecule has 0 aliphatic heterocycles. The first kappa shape index (κ1) is 69.7. The maximum absolute atomic E-state index is 15.1. The molecule has 0 amide bonds. The second-order valence-corrected chi connectivity index (χ2v) is 28.7. The minimum absolute atomic E-state index is 0.192. The van der Waals surface area contributed by atoms with Gasteiger partial charge in [-0.1, -0.05) is 273 Å². The molecule has 9 nitrogen and oxygen atoms in total. The van der Waals surface area contributed by atoms with Gasteiger partial charge in [0.05, 0.1) is 15.5 Å². The van der Waals surface area contributed by atoms with E-state index >= 15 is 13.7 Å². The van der Waals surface area contributed by atoms with Crippen molar-refractivity contribution in [3.05, 3.63) is 33.4 Å².